The fourth-order valence-electron chi connectivity index (χ4n) is 2.11. The molecule has 0 aliphatic carbocycles. The predicted octanol–water partition coefficient (Wildman–Crippen LogP) is 2.49. The van der Waals surface area contributed by atoms with Crippen molar-refractivity contribution >= 4 is 11.7 Å². The van der Waals surface area contributed by atoms with Crippen LogP contribution in [0.4, 0.5) is 5.69 Å². The molecule has 2 aromatic carbocycles. The Morgan fingerprint density at radius 1 is 1.14 bits per heavy atom. The summed E-state index contributed by atoms with van der Waals surface area (Å²) in [4.78, 5) is 12.7. The van der Waals surface area contributed by atoms with Crippen molar-refractivity contribution in [2.24, 2.45) is 0 Å². The van der Waals surface area contributed by atoms with Gasteiger partial charge < -0.3 is 19.8 Å². The van der Waals surface area contributed by atoms with Gasteiger partial charge in [0.25, 0.3) is 0 Å². The molecule has 2 aromatic rings. The molecule has 0 amide bonds. The summed E-state index contributed by atoms with van der Waals surface area (Å²) in [6.07, 6.45) is 0. The Morgan fingerprint density at radius 2 is 1.86 bits per heavy atom. The lowest BCUT2D eigenvalue weighted by Crippen LogP contribution is -2.29. The molecule has 0 saturated heterocycles. The fraction of sp³-hybridized carbons (Fsp3) is 0.188. The molecular formula is C16H17NO4. The van der Waals surface area contributed by atoms with Crippen LogP contribution in [0, 0.1) is 0 Å². The largest absolute Gasteiger partial charge is 0.504 e. The number of ether oxygens (including phenoxy) is 1. The molecule has 0 aromatic heterocycles. The van der Waals surface area contributed by atoms with Crippen LogP contribution < -0.4 is 9.64 Å². The fourth-order valence-corrected chi connectivity index (χ4v) is 2.11. The molecular weight excluding hydrogens is 270 g/mol. The number of phenols is 1. The Hall–Kier alpha value is -2.69. The van der Waals surface area contributed by atoms with E-state index in [0.29, 0.717) is 11.3 Å². The van der Waals surface area contributed by atoms with Gasteiger partial charge in [-0.25, -0.2) is 0 Å². The van der Waals surface area contributed by atoms with Crippen LogP contribution in [-0.2, 0) is 11.3 Å². The molecule has 0 aliphatic heterocycles. The second-order valence-electron chi connectivity index (χ2n) is 4.55. The summed E-state index contributed by atoms with van der Waals surface area (Å²) in [7, 11) is 1.48. The number of carboxylic acids is 1. The van der Waals surface area contributed by atoms with Gasteiger partial charge in [-0.1, -0.05) is 30.3 Å². The average Bonchev–Trinajstić information content (AvgIpc) is 2.49. The number of para-hydroxylation sites is 2. The Labute approximate surface area is 123 Å². The van der Waals surface area contributed by atoms with Crippen LogP contribution in [-0.4, -0.2) is 29.8 Å². The highest BCUT2D eigenvalue weighted by Crippen LogP contribution is 2.31. The van der Waals surface area contributed by atoms with E-state index in [1.165, 1.54) is 7.11 Å². The van der Waals surface area contributed by atoms with Gasteiger partial charge in [0.2, 0.25) is 0 Å². The van der Waals surface area contributed by atoms with Gasteiger partial charge in [0.1, 0.15) is 6.54 Å². The van der Waals surface area contributed by atoms with Crippen molar-refractivity contribution in [1.82, 2.24) is 0 Å². The van der Waals surface area contributed by atoms with Crippen molar-refractivity contribution in [2.75, 3.05) is 18.6 Å². The topological polar surface area (TPSA) is 70.0 Å². The smallest absolute Gasteiger partial charge is 0.323 e. The van der Waals surface area contributed by atoms with Crippen molar-refractivity contribution < 1.29 is 19.7 Å². The minimum atomic E-state index is -0.929. The first-order chi connectivity index (χ1) is 10.1. The Morgan fingerprint density at radius 3 is 2.48 bits per heavy atom. The van der Waals surface area contributed by atoms with E-state index >= 15 is 0 Å². The van der Waals surface area contributed by atoms with Gasteiger partial charge in [-0.15, -0.1) is 0 Å². The molecule has 0 unspecified atom stereocenters. The summed E-state index contributed by atoms with van der Waals surface area (Å²) in [6, 6.07) is 14.4. The number of nitrogens with zero attached hydrogens (tertiary/aromatic N) is 1. The van der Waals surface area contributed by atoms with Crippen molar-refractivity contribution in [2.45, 2.75) is 6.54 Å². The second-order valence-corrected chi connectivity index (χ2v) is 4.55. The molecule has 0 heterocycles. The molecule has 0 atom stereocenters. The molecule has 0 spiro atoms. The van der Waals surface area contributed by atoms with Crippen LogP contribution in [0.15, 0.2) is 48.5 Å². The highest BCUT2D eigenvalue weighted by atomic mass is 16.5. The van der Waals surface area contributed by atoms with Crippen LogP contribution in [0.1, 0.15) is 5.56 Å². The zero-order chi connectivity index (χ0) is 15.2. The molecule has 5 heteroatoms. The van der Waals surface area contributed by atoms with Crippen molar-refractivity contribution in [1.29, 1.82) is 0 Å². The van der Waals surface area contributed by atoms with Crippen LogP contribution in [0.25, 0.3) is 0 Å². The summed E-state index contributed by atoms with van der Waals surface area (Å²) >= 11 is 0. The van der Waals surface area contributed by atoms with Gasteiger partial charge >= 0.3 is 5.97 Å². The first-order valence-electron chi connectivity index (χ1n) is 6.48. The lowest BCUT2D eigenvalue weighted by molar-refractivity contribution is -0.135. The highest BCUT2D eigenvalue weighted by molar-refractivity contribution is 5.73. The molecule has 2 rings (SSSR count). The minimum absolute atomic E-state index is 0.0336. The van der Waals surface area contributed by atoms with Crippen LogP contribution in [0.3, 0.4) is 0 Å². The van der Waals surface area contributed by atoms with Crippen molar-refractivity contribution in [3.8, 4) is 11.5 Å². The lowest BCUT2D eigenvalue weighted by atomic mass is 10.1. The maximum Gasteiger partial charge on any atom is 0.323 e. The number of methoxy groups -OCH3 is 1. The third-order valence-electron chi connectivity index (χ3n) is 3.11. The van der Waals surface area contributed by atoms with E-state index in [0.717, 1.165) is 5.69 Å². The van der Waals surface area contributed by atoms with Crippen LogP contribution >= 0.6 is 0 Å². The first kappa shape index (κ1) is 14.7. The summed E-state index contributed by atoms with van der Waals surface area (Å²) < 4.78 is 5.07. The normalized spacial score (nSPS) is 10.1. The zero-order valence-electron chi connectivity index (χ0n) is 11.7. The highest BCUT2D eigenvalue weighted by Gasteiger charge is 2.15. The van der Waals surface area contributed by atoms with Gasteiger partial charge in [-0.3, -0.25) is 4.79 Å². The summed E-state index contributed by atoms with van der Waals surface area (Å²) in [5.41, 5.74) is 1.39. The molecule has 0 bridgehead atoms. The number of aliphatic carboxylic acids is 1. The van der Waals surface area contributed by atoms with Gasteiger partial charge in [0.05, 0.1) is 7.11 Å². The molecule has 0 saturated carbocycles. The standard InChI is InChI=1S/C16H17NO4/c1-21-14-9-5-6-12(16(14)20)10-17(11-15(18)19)13-7-3-2-4-8-13/h2-9,20H,10-11H2,1H3,(H,18,19). The Bertz CT molecular complexity index is 613. The quantitative estimate of drug-likeness (QED) is 0.854. The number of benzene rings is 2. The molecule has 5 nitrogen and oxygen atoms in total. The minimum Gasteiger partial charge on any atom is -0.504 e. The number of hydrogen-bond donors (Lipinski definition) is 2. The predicted molar refractivity (Wildman–Crippen MR) is 79.8 cm³/mol. The number of aromatic hydroxyl groups is 1. The summed E-state index contributed by atoms with van der Waals surface area (Å²) in [6.45, 7) is 0.125. The Balaban J connectivity index is 2.29. The average molecular weight is 287 g/mol. The SMILES string of the molecule is COc1cccc(CN(CC(=O)O)c2ccccc2)c1O. The van der Waals surface area contributed by atoms with E-state index in [2.05, 4.69) is 0 Å². The molecule has 0 radical (unpaired) electrons. The number of rotatable bonds is 6. The molecule has 0 aliphatic rings. The Kier molecular flexibility index (Phi) is 4.66. The van der Waals surface area contributed by atoms with E-state index in [9.17, 15) is 9.90 Å². The van der Waals surface area contributed by atoms with Gasteiger partial charge in [0, 0.05) is 17.8 Å². The maximum atomic E-state index is 11.1. The monoisotopic (exact) mass is 287 g/mol. The van der Waals surface area contributed by atoms with Crippen LogP contribution in [0.2, 0.25) is 0 Å². The van der Waals surface area contributed by atoms with Gasteiger partial charge in [0.15, 0.2) is 11.5 Å². The van der Waals surface area contributed by atoms with E-state index < -0.39 is 5.97 Å². The van der Waals surface area contributed by atoms with Gasteiger partial charge in [-0.2, -0.15) is 0 Å². The number of carbonyl (C=O) groups is 1. The van der Waals surface area contributed by atoms with E-state index in [-0.39, 0.29) is 18.8 Å². The van der Waals surface area contributed by atoms with Crippen LogP contribution in [0.5, 0.6) is 11.5 Å². The molecule has 21 heavy (non-hydrogen) atoms. The maximum absolute atomic E-state index is 11.1. The lowest BCUT2D eigenvalue weighted by Gasteiger charge is -2.23. The van der Waals surface area contributed by atoms with E-state index in [1.54, 1.807) is 23.1 Å². The third kappa shape index (κ3) is 3.66. The van der Waals surface area contributed by atoms with E-state index in [1.807, 2.05) is 30.3 Å². The molecule has 0 fully saturated rings. The molecule has 2 N–H and O–H groups in total. The molecule has 110 valence electrons. The number of carboxylic acid groups (broad SMARTS) is 1. The van der Waals surface area contributed by atoms with Gasteiger partial charge in [-0.05, 0) is 18.2 Å². The zero-order valence-corrected chi connectivity index (χ0v) is 11.7. The second kappa shape index (κ2) is 6.65. The van der Waals surface area contributed by atoms with Crippen molar-refractivity contribution in [3.63, 3.8) is 0 Å². The number of phenolic OH excluding ortho intramolecular Hbond substituents is 1. The summed E-state index contributed by atoms with van der Waals surface area (Å²) in [5, 5.41) is 19.2. The van der Waals surface area contributed by atoms with E-state index in [4.69, 9.17) is 9.84 Å². The summed E-state index contributed by atoms with van der Waals surface area (Å²) in [5.74, 6) is -0.525. The van der Waals surface area contributed by atoms with Crippen molar-refractivity contribution in [3.05, 3.63) is 54.1 Å². The number of anilines is 1. The number of hydrogen-bond acceptors (Lipinski definition) is 4. The first-order valence-corrected chi connectivity index (χ1v) is 6.48. The third-order valence-corrected chi connectivity index (χ3v) is 3.11.